The van der Waals surface area contributed by atoms with E-state index in [2.05, 4.69) is 0 Å². The van der Waals surface area contributed by atoms with E-state index < -0.39 is 9.84 Å². The van der Waals surface area contributed by atoms with Crippen LogP contribution in [0.1, 0.15) is 25.5 Å². The Morgan fingerprint density at radius 3 is 2.45 bits per heavy atom. The highest BCUT2D eigenvalue weighted by atomic mass is 35.5. The maximum absolute atomic E-state index is 12.6. The average molecular weight is 347 g/mol. The molecule has 7 heteroatoms. The van der Waals surface area contributed by atoms with E-state index >= 15 is 0 Å². The summed E-state index contributed by atoms with van der Waals surface area (Å²) in [5.41, 5.74) is 7.09. The van der Waals surface area contributed by atoms with Crippen molar-refractivity contribution in [1.82, 2.24) is 4.90 Å². The fourth-order valence-electron chi connectivity index (χ4n) is 2.71. The van der Waals surface area contributed by atoms with Crippen LogP contribution in [0.15, 0.2) is 30.3 Å². The molecule has 1 saturated heterocycles. The van der Waals surface area contributed by atoms with Crippen LogP contribution >= 0.6 is 12.4 Å². The Labute approximate surface area is 138 Å². The molecule has 0 radical (unpaired) electrons. The standard InChI is InChI=1S/C15H22N2O3S.ClH/c1-11-10-21(19,20)9-8-17(11)15(18)12(2)14(16)13-6-4-3-5-7-13;/h3-7,11-12,14H,8-10,16H2,1-2H3;1H. The monoisotopic (exact) mass is 346 g/mol. The van der Waals surface area contributed by atoms with Crippen molar-refractivity contribution in [2.45, 2.75) is 25.9 Å². The molecule has 124 valence electrons. The van der Waals surface area contributed by atoms with Gasteiger partial charge in [-0.2, -0.15) is 0 Å². The average Bonchev–Trinajstić information content (AvgIpc) is 2.45. The van der Waals surface area contributed by atoms with Crippen LogP contribution in [0.3, 0.4) is 0 Å². The Balaban J connectivity index is 0.00000242. The van der Waals surface area contributed by atoms with Crippen molar-refractivity contribution >= 4 is 28.2 Å². The number of carbonyl (C=O) groups excluding carboxylic acids is 1. The lowest BCUT2D eigenvalue weighted by molar-refractivity contribution is -0.137. The molecule has 2 N–H and O–H groups in total. The Morgan fingerprint density at radius 2 is 1.91 bits per heavy atom. The summed E-state index contributed by atoms with van der Waals surface area (Å²) in [6.07, 6.45) is 0. The summed E-state index contributed by atoms with van der Waals surface area (Å²) in [6.45, 7) is 3.83. The summed E-state index contributed by atoms with van der Waals surface area (Å²) >= 11 is 0. The minimum atomic E-state index is -3.02. The van der Waals surface area contributed by atoms with Gasteiger partial charge >= 0.3 is 0 Å². The van der Waals surface area contributed by atoms with Gasteiger partial charge in [0.05, 0.1) is 17.4 Å². The van der Waals surface area contributed by atoms with Gasteiger partial charge in [0, 0.05) is 18.6 Å². The van der Waals surface area contributed by atoms with Crippen LogP contribution in [0.2, 0.25) is 0 Å². The first-order valence-electron chi connectivity index (χ1n) is 7.13. The maximum atomic E-state index is 12.6. The second kappa shape index (κ2) is 7.44. The molecule has 1 aliphatic rings. The molecule has 1 heterocycles. The number of halogens is 1. The molecule has 3 unspecified atom stereocenters. The third-order valence-corrected chi connectivity index (χ3v) is 5.86. The van der Waals surface area contributed by atoms with E-state index in [1.807, 2.05) is 30.3 Å². The molecule has 1 amide bonds. The molecule has 1 aromatic carbocycles. The summed E-state index contributed by atoms with van der Waals surface area (Å²) in [5, 5.41) is 0. The number of benzene rings is 1. The molecule has 0 saturated carbocycles. The molecule has 1 fully saturated rings. The summed E-state index contributed by atoms with van der Waals surface area (Å²) < 4.78 is 23.2. The van der Waals surface area contributed by atoms with Gasteiger partial charge in [-0.3, -0.25) is 4.79 Å². The van der Waals surface area contributed by atoms with Crippen LogP contribution in [0.5, 0.6) is 0 Å². The molecule has 1 aromatic rings. The molecular formula is C15H23ClN2O3S. The predicted octanol–water partition coefficient (Wildman–Crippen LogP) is 1.39. The molecule has 0 spiro atoms. The van der Waals surface area contributed by atoms with Crippen LogP contribution in [0, 0.1) is 5.92 Å². The minimum absolute atomic E-state index is 0. The first kappa shape index (κ1) is 18.9. The van der Waals surface area contributed by atoms with Gasteiger partial charge in [-0.25, -0.2) is 8.42 Å². The van der Waals surface area contributed by atoms with Gasteiger partial charge in [0.2, 0.25) is 5.91 Å². The Kier molecular flexibility index (Phi) is 6.40. The maximum Gasteiger partial charge on any atom is 0.227 e. The molecule has 0 aromatic heterocycles. The van der Waals surface area contributed by atoms with Crippen molar-refractivity contribution in [1.29, 1.82) is 0 Å². The molecule has 3 atom stereocenters. The first-order valence-corrected chi connectivity index (χ1v) is 8.95. The van der Waals surface area contributed by atoms with Crippen molar-refractivity contribution in [3.63, 3.8) is 0 Å². The van der Waals surface area contributed by atoms with Crippen molar-refractivity contribution in [2.75, 3.05) is 18.1 Å². The van der Waals surface area contributed by atoms with E-state index in [4.69, 9.17) is 5.73 Å². The summed E-state index contributed by atoms with van der Waals surface area (Å²) in [7, 11) is -3.02. The zero-order valence-corrected chi connectivity index (χ0v) is 14.4. The molecule has 0 bridgehead atoms. The predicted molar refractivity (Wildman–Crippen MR) is 89.6 cm³/mol. The first-order chi connectivity index (χ1) is 9.82. The zero-order valence-electron chi connectivity index (χ0n) is 12.8. The zero-order chi connectivity index (χ0) is 15.6. The second-order valence-corrected chi connectivity index (χ2v) is 7.95. The fourth-order valence-corrected chi connectivity index (χ4v) is 4.26. The topological polar surface area (TPSA) is 80.5 Å². The number of hydrogen-bond donors (Lipinski definition) is 1. The fraction of sp³-hybridized carbons (Fsp3) is 0.533. The smallest absolute Gasteiger partial charge is 0.227 e. The van der Waals surface area contributed by atoms with Crippen LogP contribution < -0.4 is 5.73 Å². The van der Waals surface area contributed by atoms with Crippen LogP contribution in [-0.2, 0) is 14.6 Å². The lowest BCUT2D eigenvalue weighted by atomic mass is 9.94. The number of carbonyl (C=O) groups is 1. The molecule has 1 aliphatic heterocycles. The molecule has 22 heavy (non-hydrogen) atoms. The Bertz CT molecular complexity index is 606. The summed E-state index contributed by atoms with van der Waals surface area (Å²) in [6, 6.07) is 8.81. The summed E-state index contributed by atoms with van der Waals surface area (Å²) in [5.74, 6) is -0.382. The van der Waals surface area contributed by atoms with Gasteiger partial charge in [0.15, 0.2) is 9.84 Å². The van der Waals surface area contributed by atoms with Gasteiger partial charge < -0.3 is 10.6 Å². The number of rotatable bonds is 3. The molecule has 0 aliphatic carbocycles. The lowest BCUT2D eigenvalue weighted by Crippen LogP contribution is -2.52. The highest BCUT2D eigenvalue weighted by molar-refractivity contribution is 7.91. The van der Waals surface area contributed by atoms with Crippen LogP contribution in [0.25, 0.3) is 0 Å². The SMILES string of the molecule is CC(C(=O)N1CCS(=O)(=O)CC1C)C(N)c1ccccc1.Cl. The van der Waals surface area contributed by atoms with Crippen molar-refractivity contribution in [3.8, 4) is 0 Å². The number of nitrogens with zero attached hydrogens (tertiary/aromatic N) is 1. The third-order valence-electron chi connectivity index (χ3n) is 4.07. The van der Waals surface area contributed by atoms with E-state index in [-0.39, 0.29) is 54.4 Å². The molecular weight excluding hydrogens is 324 g/mol. The van der Waals surface area contributed by atoms with Gasteiger partial charge in [0.25, 0.3) is 0 Å². The third kappa shape index (κ3) is 4.21. The Hall–Kier alpha value is -1.11. The molecule has 2 rings (SSSR count). The number of amides is 1. The Morgan fingerprint density at radius 1 is 1.32 bits per heavy atom. The number of hydrogen-bond acceptors (Lipinski definition) is 4. The van der Waals surface area contributed by atoms with Gasteiger partial charge in [0.1, 0.15) is 0 Å². The van der Waals surface area contributed by atoms with E-state index in [1.165, 1.54) is 0 Å². The summed E-state index contributed by atoms with van der Waals surface area (Å²) in [4.78, 5) is 14.2. The van der Waals surface area contributed by atoms with E-state index in [1.54, 1.807) is 18.7 Å². The van der Waals surface area contributed by atoms with Crippen molar-refractivity contribution in [2.24, 2.45) is 11.7 Å². The van der Waals surface area contributed by atoms with Crippen molar-refractivity contribution < 1.29 is 13.2 Å². The van der Waals surface area contributed by atoms with Gasteiger partial charge in [-0.1, -0.05) is 37.3 Å². The van der Waals surface area contributed by atoms with Gasteiger partial charge in [-0.05, 0) is 12.5 Å². The van der Waals surface area contributed by atoms with Crippen LogP contribution in [-0.4, -0.2) is 43.3 Å². The van der Waals surface area contributed by atoms with Crippen LogP contribution in [0.4, 0.5) is 0 Å². The molecule has 5 nitrogen and oxygen atoms in total. The number of sulfone groups is 1. The number of nitrogens with two attached hydrogens (primary N) is 1. The quantitative estimate of drug-likeness (QED) is 0.896. The van der Waals surface area contributed by atoms with Crippen molar-refractivity contribution in [3.05, 3.63) is 35.9 Å². The second-order valence-electron chi connectivity index (χ2n) is 5.72. The minimum Gasteiger partial charge on any atom is -0.338 e. The highest BCUT2D eigenvalue weighted by Crippen LogP contribution is 2.23. The van der Waals surface area contributed by atoms with Gasteiger partial charge in [-0.15, -0.1) is 12.4 Å². The highest BCUT2D eigenvalue weighted by Gasteiger charge is 2.35. The van der Waals surface area contributed by atoms with E-state index in [9.17, 15) is 13.2 Å². The van der Waals surface area contributed by atoms with E-state index in [0.29, 0.717) is 0 Å². The van der Waals surface area contributed by atoms with E-state index in [0.717, 1.165) is 5.56 Å². The lowest BCUT2D eigenvalue weighted by Gasteiger charge is -2.36. The largest absolute Gasteiger partial charge is 0.338 e. The normalized spacial score (nSPS) is 23.2.